The summed E-state index contributed by atoms with van der Waals surface area (Å²) in [6.45, 7) is -0.171. The van der Waals surface area contributed by atoms with Crippen molar-refractivity contribution in [1.82, 2.24) is 5.32 Å². The molecule has 0 aliphatic heterocycles. The maximum atomic E-state index is 11.3. The molecule has 0 spiro atoms. The number of hydrogen-bond donors (Lipinski definition) is 3. The van der Waals surface area contributed by atoms with E-state index in [0.29, 0.717) is 6.42 Å². The van der Waals surface area contributed by atoms with Crippen molar-refractivity contribution in [3.63, 3.8) is 0 Å². The van der Waals surface area contributed by atoms with Crippen molar-refractivity contribution in [3.8, 4) is 0 Å². The highest BCUT2D eigenvalue weighted by Gasteiger charge is 2.54. The number of hydrogen-bond acceptors (Lipinski definition) is 3. The summed E-state index contributed by atoms with van der Waals surface area (Å²) in [5.74, 6) is -1.17. The lowest BCUT2D eigenvalue weighted by Gasteiger charge is -2.31. The van der Waals surface area contributed by atoms with Gasteiger partial charge in [-0.15, -0.1) is 0 Å². The van der Waals surface area contributed by atoms with Crippen LogP contribution in [0.2, 0.25) is 0 Å². The largest absolute Gasteiger partial charge is 0.479 e. The SMILES string of the molecule is NCC(=O)N[C@@]1(C(=O)O)C[C@@H]2C=C[C@H]1C2. The van der Waals surface area contributed by atoms with E-state index < -0.39 is 17.4 Å². The van der Waals surface area contributed by atoms with E-state index in [1.165, 1.54) is 0 Å². The average Bonchev–Trinajstić information content (AvgIpc) is 2.77. The smallest absolute Gasteiger partial charge is 0.330 e. The van der Waals surface area contributed by atoms with Crippen molar-refractivity contribution < 1.29 is 14.7 Å². The molecular weight excluding hydrogens is 196 g/mol. The second-order valence-electron chi connectivity index (χ2n) is 4.22. The Balaban J connectivity index is 2.23. The van der Waals surface area contributed by atoms with E-state index >= 15 is 0 Å². The first kappa shape index (κ1) is 10.2. The Morgan fingerprint density at radius 3 is 2.67 bits per heavy atom. The van der Waals surface area contributed by atoms with E-state index in [1.807, 2.05) is 12.2 Å². The lowest BCUT2D eigenvalue weighted by molar-refractivity contribution is -0.148. The van der Waals surface area contributed by atoms with E-state index in [1.54, 1.807) is 0 Å². The average molecular weight is 210 g/mol. The summed E-state index contributed by atoms with van der Waals surface area (Å²) in [5.41, 5.74) is 4.07. The molecule has 82 valence electrons. The minimum Gasteiger partial charge on any atom is -0.479 e. The van der Waals surface area contributed by atoms with Crippen molar-refractivity contribution in [2.75, 3.05) is 6.54 Å². The van der Waals surface area contributed by atoms with Gasteiger partial charge in [-0.2, -0.15) is 0 Å². The predicted molar refractivity (Wildman–Crippen MR) is 52.9 cm³/mol. The third-order valence-electron chi connectivity index (χ3n) is 3.32. The molecule has 0 aromatic carbocycles. The van der Waals surface area contributed by atoms with Gasteiger partial charge in [0.1, 0.15) is 5.54 Å². The maximum absolute atomic E-state index is 11.3. The molecule has 0 unspecified atom stereocenters. The Bertz CT molecular complexity index is 340. The van der Waals surface area contributed by atoms with E-state index in [4.69, 9.17) is 5.73 Å². The van der Waals surface area contributed by atoms with Crippen molar-refractivity contribution in [2.45, 2.75) is 18.4 Å². The standard InChI is InChI=1S/C10H14N2O3/c11-5-8(13)12-10(9(14)15)4-6-1-2-7(10)3-6/h1-2,6-7H,3-5,11H2,(H,12,13)(H,14,15)/t6-,7+,10+/m1/s1. The Kier molecular flexibility index (Phi) is 2.26. The zero-order valence-electron chi connectivity index (χ0n) is 8.27. The Morgan fingerprint density at radius 1 is 1.53 bits per heavy atom. The molecular formula is C10H14N2O3. The van der Waals surface area contributed by atoms with Gasteiger partial charge in [0.15, 0.2) is 0 Å². The van der Waals surface area contributed by atoms with Crippen molar-refractivity contribution in [1.29, 1.82) is 0 Å². The second-order valence-corrected chi connectivity index (χ2v) is 4.22. The van der Waals surface area contributed by atoms with Crippen molar-refractivity contribution in [3.05, 3.63) is 12.2 Å². The Hall–Kier alpha value is -1.36. The first-order valence-electron chi connectivity index (χ1n) is 5.01. The number of rotatable bonds is 3. The van der Waals surface area contributed by atoms with Crippen molar-refractivity contribution in [2.24, 2.45) is 17.6 Å². The fourth-order valence-electron chi connectivity index (χ4n) is 2.60. The lowest BCUT2D eigenvalue weighted by Crippen LogP contribution is -2.58. The summed E-state index contributed by atoms with van der Waals surface area (Å²) in [5, 5.41) is 11.8. The van der Waals surface area contributed by atoms with Gasteiger partial charge in [0.2, 0.25) is 5.91 Å². The van der Waals surface area contributed by atoms with Crippen LogP contribution < -0.4 is 11.1 Å². The molecule has 0 heterocycles. The number of amides is 1. The van der Waals surface area contributed by atoms with Gasteiger partial charge >= 0.3 is 5.97 Å². The normalized spacial score (nSPS) is 36.9. The zero-order chi connectivity index (χ0) is 11.1. The fourth-order valence-corrected chi connectivity index (χ4v) is 2.60. The molecule has 0 aromatic heterocycles. The van der Waals surface area contributed by atoms with Gasteiger partial charge in [0, 0.05) is 5.92 Å². The van der Waals surface area contributed by atoms with E-state index in [-0.39, 0.29) is 18.4 Å². The van der Waals surface area contributed by atoms with Crippen LogP contribution in [0.1, 0.15) is 12.8 Å². The number of carboxylic acids is 1. The van der Waals surface area contributed by atoms with Crippen LogP contribution in [0.5, 0.6) is 0 Å². The number of carboxylic acid groups (broad SMARTS) is 1. The van der Waals surface area contributed by atoms with Gasteiger partial charge in [-0.1, -0.05) is 12.2 Å². The molecule has 0 saturated heterocycles. The van der Waals surface area contributed by atoms with Gasteiger partial charge in [-0.25, -0.2) is 4.79 Å². The molecule has 2 aliphatic rings. The van der Waals surface area contributed by atoms with Gasteiger partial charge in [0.25, 0.3) is 0 Å². The number of nitrogens with one attached hydrogen (secondary N) is 1. The molecule has 2 bridgehead atoms. The monoisotopic (exact) mass is 210 g/mol. The van der Waals surface area contributed by atoms with Crippen LogP contribution in [0.3, 0.4) is 0 Å². The summed E-state index contributed by atoms with van der Waals surface area (Å²) >= 11 is 0. The minimum absolute atomic E-state index is 0.0875. The molecule has 3 atom stereocenters. The van der Waals surface area contributed by atoms with Gasteiger partial charge in [-0.05, 0) is 18.8 Å². The quantitative estimate of drug-likeness (QED) is 0.546. The van der Waals surface area contributed by atoms with Crippen molar-refractivity contribution >= 4 is 11.9 Å². The zero-order valence-corrected chi connectivity index (χ0v) is 8.27. The number of nitrogens with two attached hydrogens (primary N) is 1. The van der Waals surface area contributed by atoms with Crippen LogP contribution in [-0.4, -0.2) is 29.1 Å². The number of allylic oxidation sites excluding steroid dienone is 1. The summed E-state index contributed by atoms with van der Waals surface area (Å²) in [7, 11) is 0. The number of carbonyl (C=O) groups is 2. The third kappa shape index (κ3) is 1.43. The highest BCUT2D eigenvalue weighted by Crippen LogP contribution is 2.46. The summed E-state index contributed by atoms with van der Waals surface area (Å²) in [6.07, 6.45) is 5.21. The van der Waals surface area contributed by atoms with Gasteiger partial charge in [-0.3, -0.25) is 4.79 Å². The molecule has 1 fully saturated rings. The summed E-state index contributed by atoms with van der Waals surface area (Å²) < 4.78 is 0. The minimum atomic E-state index is -1.12. The first-order valence-corrected chi connectivity index (χ1v) is 5.01. The number of aliphatic carboxylic acids is 1. The van der Waals surface area contributed by atoms with E-state index in [0.717, 1.165) is 6.42 Å². The summed E-state index contributed by atoms with van der Waals surface area (Å²) in [6, 6.07) is 0. The predicted octanol–water partition coefficient (Wildman–Crippen LogP) is -0.519. The molecule has 0 radical (unpaired) electrons. The number of carbonyl (C=O) groups excluding carboxylic acids is 1. The molecule has 1 amide bonds. The van der Waals surface area contributed by atoms with E-state index in [9.17, 15) is 14.7 Å². The third-order valence-corrected chi connectivity index (χ3v) is 3.32. The van der Waals surface area contributed by atoms with Crippen LogP contribution in [0.15, 0.2) is 12.2 Å². The molecule has 2 rings (SSSR count). The number of fused-ring (bicyclic) bond motifs is 2. The second kappa shape index (κ2) is 3.34. The van der Waals surface area contributed by atoms with Gasteiger partial charge < -0.3 is 16.2 Å². The van der Waals surface area contributed by atoms with Gasteiger partial charge in [0.05, 0.1) is 6.54 Å². The van der Waals surface area contributed by atoms with Crippen LogP contribution in [0.4, 0.5) is 0 Å². The highest BCUT2D eigenvalue weighted by molar-refractivity contribution is 5.89. The Morgan fingerprint density at radius 2 is 2.27 bits per heavy atom. The first-order chi connectivity index (χ1) is 7.08. The lowest BCUT2D eigenvalue weighted by atomic mass is 9.84. The molecule has 15 heavy (non-hydrogen) atoms. The molecule has 1 saturated carbocycles. The van der Waals surface area contributed by atoms with E-state index in [2.05, 4.69) is 5.32 Å². The van der Waals surface area contributed by atoms with Crippen LogP contribution in [-0.2, 0) is 9.59 Å². The van der Waals surface area contributed by atoms with Crippen LogP contribution in [0.25, 0.3) is 0 Å². The van der Waals surface area contributed by atoms with Crippen LogP contribution in [0, 0.1) is 11.8 Å². The fraction of sp³-hybridized carbons (Fsp3) is 0.600. The summed E-state index contributed by atoms with van der Waals surface area (Å²) in [4.78, 5) is 22.5. The molecule has 5 nitrogen and oxygen atoms in total. The Labute approximate surface area is 87.3 Å². The van der Waals surface area contributed by atoms with Crippen LogP contribution >= 0.6 is 0 Å². The molecule has 4 N–H and O–H groups in total. The molecule has 2 aliphatic carbocycles. The maximum Gasteiger partial charge on any atom is 0.330 e. The topological polar surface area (TPSA) is 92.4 Å². The molecule has 0 aromatic rings. The highest BCUT2D eigenvalue weighted by atomic mass is 16.4. The molecule has 5 heteroatoms.